The third-order valence-corrected chi connectivity index (χ3v) is 2.42. The van der Waals surface area contributed by atoms with Gasteiger partial charge in [0.2, 0.25) is 5.91 Å². The third-order valence-electron chi connectivity index (χ3n) is 2.42. The normalized spacial score (nSPS) is 10.6. The molecule has 0 spiro atoms. The van der Waals surface area contributed by atoms with Crippen LogP contribution in [0.4, 0.5) is 0 Å². The number of hydrogen-bond acceptors (Lipinski definition) is 3. The van der Waals surface area contributed by atoms with Crippen LogP contribution in [0.1, 0.15) is 15.2 Å². The van der Waals surface area contributed by atoms with E-state index in [1.807, 2.05) is 0 Å². The zero-order chi connectivity index (χ0) is 11.7. The molecule has 16 heavy (non-hydrogen) atoms. The molecule has 0 aliphatic heterocycles. The first-order valence-electron chi connectivity index (χ1n) is 4.78. The van der Waals surface area contributed by atoms with Crippen LogP contribution in [0, 0.1) is 0 Å². The smallest absolute Gasteiger partial charge is 0.250 e. The van der Waals surface area contributed by atoms with Gasteiger partial charge in [0.1, 0.15) is 0 Å². The standard InChI is InChI=1S/C11H11N3O2/c12-5-10(15)14-6-8(11(13)16)7-3-1-2-4-9(7)14/h1-4,6H,5,12H2,(H2,13,16). The summed E-state index contributed by atoms with van der Waals surface area (Å²) in [6, 6.07) is 7.06. The largest absolute Gasteiger partial charge is 0.366 e. The van der Waals surface area contributed by atoms with Gasteiger partial charge in [0.25, 0.3) is 5.91 Å². The molecule has 5 heteroatoms. The molecular weight excluding hydrogens is 206 g/mol. The highest BCUT2D eigenvalue weighted by Crippen LogP contribution is 2.20. The van der Waals surface area contributed by atoms with Crippen molar-refractivity contribution in [3.8, 4) is 0 Å². The number of para-hydroxylation sites is 1. The maximum absolute atomic E-state index is 11.5. The lowest BCUT2D eigenvalue weighted by atomic mass is 10.2. The van der Waals surface area contributed by atoms with Crippen molar-refractivity contribution in [3.05, 3.63) is 36.0 Å². The first-order valence-corrected chi connectivity index (χ1v) is 4.78. The van der Waals surface area contributed by atoms with Gasteiger partial charge in [-0.05, 0) is 6.07 Å². The van der Waals surface area contributed by atoms with E-state index >= 15 is 0 Å². The highest BCUT2D eigenvalue weighted by molar-refractivity contribution is 6.08. The minimum atomic E-state index is -0.556. The van der Waals surface area contributed by atoms with Crippen molar-refractivity contribution in [1.29, 1.82) is 0 Å². The van der Waals surface area contributed by atoms with Gasteiger partial charge in [-0.1, -0.05) is 18.2 Å². The van der Waals surface area contributed by atoms with Crippen LogP contribution in [-0.2, 0) is 0 Å². The molecule has 1 heterocycles. The van der Waals surface area contributed by atoms with Crippen molar-refractivity contribution in [1.82, 2.24) is 4.57 Å². The predicted octanol–water partition coefficient (Wildman–Crippen LogP) is 0.339. The summed E-state index contributed by atoms with van der Waals surface area (Å²) in [6.45, 7) is -0.114. The summed E-state index contributed by atoms with van der Waals surface area (Å²) in [5, 5.41) is 0.664. The second kappa shape index (κ2) is 3.79. The summed E-state index contributed by atoms with van der Waals surface area (Å²) in [5.41, 5.74) is 11.5. The van der Waals surface area contributed by atoms with E-state index in [4.69, 9.17) is 11.5 Å². The van der Waals surface area contributed by atoms with E-state index < -0.39 is 5.91 Å². The molecule has 1 aromatic heterocycles. The van der Waals surface area contributed by atoms with Crippen LogP contribution in [0.15, 0.2) is 30.5 Å². The van der Waals surface area contributed by atoms with Crippen LogP contribution < -0.4 is 11.5 Å². The lowest BCUT2D eigenvalue weighted by Crippen LogP contribution is -2.20. The Balaban J connectivity index is 2.76. The van der Waals surface area contributed by atoms with Crippen molar-refractivity contribution in [3.63, 3.8) is 0 Å². The molecule has 0 aliphatic carbocycles. The van der Waals surface area contributed by atoms with Gasteiger partial charge >= 0.3 is 0 Å². The monoisotopic (exact) mass is 217 g/mol. The summed E-state index contributed by atoms with van der Waals surface area (Å²) in [5.74, 6) is -0.830. The van der Waals surface area contributed by atoms with Crippen LogP contribution >= 0.6 is 0 Å². The van der Waals surface area contributed by atoms with Crippen LogP contribution in [0.2, 0.25) is 0 Å². The topological polar surface area (TPSA) is 91.1 Å². The second-order valence-corrected chi connectivity index (χ2v) is 3.39. The zero-order valence-corrected chi connectivity index (χ0v) is 8.51. The van der Waals surface area contributed by atoms with Gasteiger partial charge in [0, 0.05) is 11.6 Å². The van der Waals surface area contributed by atoms with E-state index in [-0.39, 0.29) is 12.5 Å². The van der Waals surface area contributed by atoms with E-state index in [1.165, 1.54) is 10.8 Å². The van der Waals surface area contributed by atoms with Crippen molar-refractivity contribution in [2.75, 3.05) is 6.54 Å². The number of nitrogens with zero attached hydrogens (tertiary/aromatic N) is 1. The maximum Gasteiger partial charge on any atom is 0.250 e. The van der Waals surface area contributed by atoms with Crippen molar-refractivity contribution >= 4 is 22.7 Å². The van der Waals surface area contributed by atoms with Crippen LogP contribution in [-0.4, -0.2) is 22.9 Å². The van der Waals surface area contributed by atoms with E-state index in [2.05, 4.69) is 0 Å². The molecular formula is C11H11N3O2. The van der Waals surface area contributed by atoms with Crippen LogP contribution in [0.25, 0.3) is 10.9 Å². The van der Waals surface area contributed by atoms with Gasteiger partial charge in [0.05, 0.1) is 17.6 Å². The summed E-state index contributed by atoms with van der Waals surface area (Å²) < 4.78 is 1.36. The number of aromatic nitrogens is 1. The average Bonchev–Trinajstić information content (AvgIpc) is 2.67. The number of nitrogens with two attached hydrogens (primary N) is 2. The van der Waals surface area contributed by atoms with Crippen LogP contribution in [0.5, 0.6) is 0 Å². The Kier molecular flexibility index (Phi) is 2.46. The fraction of sp³-hybridized carbons (Fsp3) is 0.0909. The Labute approximate surface area is 91.6 Å². The number of amides is 1. The minimum Gasteiger partial charge on any atom is -0.366 e. The van der Waals surface area contributed by atoms with E-state index in [1.54, 1.807) is 24.3 Å². The molecule has 0 fully saturated rings. The lowest BCUT2D eigenvalue weighted by molar-refractivity contribution is 0.0928. The number of carbonyl (C=O) groups is 2. The molecule has 4 N–H and O–H groups in total. The lowest BCUT2D eigenvalue weighted by Gasteiger charge is -1.99. The molecule has 0 atom stereocenters. The summed E-state index contributed by atoms with van der Waals surface area (Å²) in [6.07, 6.45) is 1.43. The van der Waals surface area contributed by atoms with Gasteiger partial charge in [-0.25, -0.2) is 0 Å². The summed E-state index contributed by atoms with van der Waals surface area (Å²) in [7, 11) is 0. The summed E-state index contributed by atoms with van der Waals surface area (Å²) >= 11 is 0. The molecule has 1 aromatic carbocycles. The number of benzene rings is 1. The molecule has 0 unspecified atom stereocenters. The number of fused-ring (bicyclic) bond motifs is 1. The molecule has 5 nitrogen and oxygen atoms in total. The van der Waals surface area contributed by atoms with E-state index in [0.717, 1.165) is 0 Å². The molecule has 0 radical (unpaired) electrons. The Morgan fingerprint density at radius 3 is 2.56 bits per heavy atom. The number of primary amides is 1. The quantitative estimate of drug-likeness (QED) is 0.759. The number of hydrogen-bond donors (Lipinski definition) is 2. The highest BCUT2D eigenvalue weighted by Gasteiger charge is 2.14. The molecule has 0 aliphatic rings. The Morgan fingerprint density at radius 1 is 1.25 bits per heavy atom. The zero-order valence-electron chi connectivity index (χ0n) is 8.51. The van der Waals surface area contributed by atoms with Gasteiger partial charge in [0.15, 0.2) is 0 Å². The molecule has 82 valence electrons. The van der Waals surface area contributed by atoms with E-state index in [9.17, 15) is 9.59 Å². The summed E-state index contributed by atoms with van der Waals surface area (Å²) in [4.78, 5) is 22.8. The van der Waals surface area contributed by atoms with Crippen molar-refractivity contribution in [2.24, 2.45) is 11.5 Å². The fourth-order valence-corrected chi connectivity index (χ4v) is 1.68. The highest BCUT2D eigenvalue weighted by atomic mass is 16.2. The third kappa shape index (κ3) is 1.47. The molecule has 0 bridgehead atoms. The Bertz CT molecular complexity index is 572. The average molecular weight is 217 g/mol. The molecule has 2 rings (SSSR count). The minimum absolute atomic E-state index is 0.114. The molecule has 0 saturated carbocycles. The first kappa shape index (κ1) is 10.4. The van der Waals surface area contributed by atoms with Gasteiger partial charge in [-0.2, -0.15) is 0 Å². The van der Waals surface area contributed by atoms with Crippen LogP contribution in [0.3, 0.4) is 0 Å². The fourth-order valence-electron chi connectivity index (χ4n) is 1.68. The van der Waals surface area contributed by atoms with E-state index in [0.29, 0.717) is 16.5 Å². The van der Waals surface area contributed by atoms with Crippen molar-refractivity contribution < 1.29 is 9.59 Å². The second-order valence-electron chi connectivity index (χ2n) is 3.39. The molecule has 0 saturated heterocycles. The first-order chi connectivity index (χ1) is 7.65. The maximum atomic E-state index is 11.5. The molecule has 2 aromatic rings. The number of rotatable bonds is 2. The SMILES string of the molecule is NCC(=O)n1cc(C(N)=O)c2ccccc21. The molecule has 1 amide bonds. The van der Waals surface area contributed by atoms with Gasteiger partial charge < -0.3 is 11.5 Å². The van der Waals surface area contributed by atoms with Gasteiger partial charge in [-0.3, -0.25) is 14.2 Å². The predicted molar refractivity (Wildman–Crippen MR) is 60.1 cm³/mol. The van der Waals surface area contributed by atoms with Gasteiger partial charge in [-0.15, -0.1) is 0 Å². The Morgan fingerprint density at radius 2 is 1.94 bits per heavy atom. The number of carbonyl (C=O) groups excluding carboxylic acids is 2. The Hall–Kier alpha value is -2.14. The van der Waals surface area contributed by atoms with Crippen molar-refractivity contribution in [2.45, 2.75) is 0 Å².